The maximum Gasteiger partial charge on any atom is 0.470 e. The lowest BCUT2D eigenvalue weighted by atomic mass is 10.1. The van der Waals surface area contributed by atoms with Gasteiger partial charge in [-0.15, -0.1) is 0 Å². The lowest BCUT2D eigenvalue weighted by molar-refractivity contribution is -0.903. The van der Waals surface area contributed by atoms with Crippen LogP contribution >= 0.6 is 7.82 Å². The van der Waals surface area contributed by atoms with Gasteiger partial charge >= 0.3 is 7.82 Å². The largest absolute Gasteiger partial charge is 0.470 e. The molecular weight excluding hydrogens is 409 g/mol. The number of phosphoric ester groups is 1. The minimum absolute atomic E-state index is 0.354. The van der Waals surface area contributed by atoms with Crippen LogP contribution in [0.15, 0.2) is 12.2 Å². The van der Waals surface area contributed by atoms with Crippen molar-refractivity contribution in [2.24, 2.45) is 0 Å². The third-order valence-electron chi connectivity index (χ3n) is 6.53. The summed E-state index contributed by atoms with van der Waals surface area (Å²) in [7, 11) is -0.128. The van der Waals surface area contributed by atoms with Gasteiger partial charge < -0.3 is 14.3 Å². The van der Waals surface area contributed by atoms with Gasteiger partial charge in [0.2, 0.25) is 0 Å². The van der Waals surface area contributed by atoms with Crippen molar-refractivity contribution >= 4 is 7.82 Å². The van der Waals surface area contributed by atoms with Crippen molar-refractivity contribution in [3.63, 3.8) is 0 Å². The lowest BCUT2D eigenvalue weighted by Gasteiger charge is -2.33. The average Bonchev–Trinajstić information content (AvgIpc) is 3.52. The second-order valence-corrected chi connectivity index (χ2v) is 11.3. The first-order valence-electron chi connectivity index (χ1n) is 13.0. The number of hydrogen-bond acceptors (Lipinski definition) is 2. The zero-order chi connectivity index (χ0) is 23.0. The number of hydrogen-bond donors (Lipinski definition) is 2. The van der Waals surface area contributed by atoms with Crippen molar-refractivity contribution in [1.29, 1.82) is 0 Å². The molecule has 0 amide bonds. The molecule has 0 aromatic carbocycles. The molecule has 1 atom stereocenters. The van der Waals surface area contributed by atoms with Crippen LogP contribution in [0.4, 0.5) is 0 Å². The fraction of sp³-hybridized carbons (Fsp3) is 0.920. The number of allylic oxidation sites excluding steroid dienone is 2. The van der Waals surface area contributed by atoms with Gasteiger partial charge in [-0.05, 0) is 32.1 Å². The third-order valence-corrected chi connectivity index (χ3v) is 7.11. The number of phosphoric acid groups is 1. The van der Waals surface area contributed by atoms with E-state index in [1.807, 2.05) is 0 Å². The highest BCUT2D eigenvalue weighted by atomic mass is 31.2. The number of rotatable bonds is 21. The maximum atomic E-state index is 11.3. The van der Waals surface area contributed by atoms with Gasteiger partial charge in [0.25, 0.3) is 0 Å². The topological polar surface area (TPSA) is 66.8 Å². The Morgan fingerprint density at radius 2 is 1.35 bits per heavy atom. The molecule has 6 heteroatoms. The summed E-state index contributed by atoms with van der Waals surface area (Å²) in [6.07, 6.45) is 25.3. The van der Waals surface area contributed by atoms with E-state index in [9.17, 15) is 14.4 Å². The summed E-state index contributed by atoms with van der Waals surface area (Å²) in [4.78, 5) is 18.5. The van der Waals surface area contributed by atoms with Gasteiger partial charge in [0.05, 0.1) is 20.1 Å². The molecule has 0 aliphatic heterocycles. The van der Waals surface area contributed by atoms with Crippen LogP contribution in [0.5, 0.6) is 0 Å². The van der Waals surface area contributed by atoms with Crippen molar-refractivity contribution in [2.75, 3.05) is 20.6 Å². The van der Waals surface area contributed by atoms with Crippen molar-refractivity contribution in [3.05, 3.63) is 12.2 Å². The molecule has 0 spiro atoms. The van der Waals surface area contributed by atoms with E-state index in [0.717, 1.165) is 23.7 Å². The van der Waals surface area contributed by atoms with Crippen LogP contribution in [-0.2, 0) is 9.09 Å². The highest BCUT2D eigenvalue weighted by molar-refractivity contribution is 7.46. The first kappa shape index (κ1) is 28.8. The molecule has 0 saturated heterocycles. The van der Waals surface area contributed by atoms with Gasteiger partial charge in [-0.3, -0.25) is 4.52 Å². The van der Waals surface area contributed by atoms with E-state index in [1.54, 1.807) is 0 Å². The summed E-state index contributed by atoms with van der Waals surface area (Å²) in [5, 5.41) is 0. The molecule has 31 heavy (non-hydrogen) atoms. The monoisotopic (exact) mass is 460 g/mol. The van der Waals surface area contributed by atoms with Gasteiger partial charge in [0.15, 0.2) is 0 Å². The normalized spacial score (nSPS) is 16.3. The molecule has 0 aromatic rings. The van der Waals surface area contributed by atoms with Gasteiger partial charge in [-0.25, -0.2) is 4.57 Å². The Kier molecular flexibility index (Phi) is 15.3. The zero-order valence-electron chi connectivity index (χ0n) is 20.6. The molecule has 1 fully saturated rings. The average molecular weight is 461 g/mol. The minimum atomic E-state index is -4.43. The number of nitrogens with zero attached hydrogens (tertiary/aromatic N) is 1. The fourth-order valence-electron chi connectivity index (χ4n) is 4.44. The van der Waals surface area contributed by atoms with E-state index in [1.165, 1.54) is 89.9 Å². The molecule has 0 bridgehead atoms. The highest BCUT2D eigenvalue weighted by Crippen LogP contribution is 2.40. The van der Waals surface area contributed by atoms with Crippen molar-refractivity contribution in [2.45, 2.75) is 128 Å². The molecule has 1 saturated carbocycles. The first-order valence-corrected chi connectivity index (χ1v) is 14.5. The summed E-state index contributed by atoms with van der Waals surface area (Å²) in [6, 6.07) is 0.628. The molecule has 0 radical (unpaired) electrons. The molecule has 5 nitrogen and oxygen atoms in total. The van der Waals surface area contributed by atoms with Crippen LogP contribution in [0, 0.1) is 0 Å². The van der Waals surface area contributed by atoms with Crippen LogP contribution in [0.1, 0.15) is 116 Å². The summed E-state index contributed by atoms with van der Waals surface area (Å²) in [6.45, 7) is 2.95. The standard InChI is InChI=1S/C25H50NO4P/c1-4-5-6-7-8-9-10-11-12-13-14-15-16-17-18-19-20-25(30-31(27,28)29)23-26(2,3)24-21-22-24/h11-12,24-25H,4-10,13-23H2,1-3H3,(H-,27,28,29)/p+1/b12-11+. The SMILES string of the molecule is CCCCCCCC/C=C/CCCCCCCCC(C[N+](C)(C)C1CC1)OP(=O)(O)O. The molecule has 0 heterocycles. The van der Waals surface area contributed by atoms with E-state index in [0.29, 0.717) is 12.6 Å². The first-order chi connectivity index (χ1) is 14.7. The Morgan fingerprint density at radius 3 is 1.84 bits per heavy atom. The third kappa shape index (κ3) is 17.0. The Labute approximate surface area is 192 Å². The molecule has 1 unspecified atom stereocenters. The van der Waals surface area contributed by atoms with Crippen LogP contribution < -0.4 is 0 Å². The minimum Gasteiger partial charge on any atom is -0.324 e. The van der Waals surface area contributed by atoms with E-state index < -0.39 is 7.82 Å². The lowest BCUT2D eigenvalue weighted by Crippen LogP contribution is -2.47. The van der Waals surface area contributed by atoms with Gasteiger partial charge in [-0.1, -0.05) is 83.3 Å². The van der Waals surface area contributed by atoms with Gasteiger partial charge in [-0.2, -0.15) is 0 Å². The van der Waals surface area contributed by atoms with Crippen molar-refractivity contribution in [3.8, 4) is 0 Å². The highest BCUT2D eigenvalue weighted by Gasteiger charge is 2.40. The van der Waals surface area contributed by atoms with Gasteiger partial charge in [0.1, 0.15) is 12.6 Å². The van der Waals surface area contributed by atoms with Crippen LogP contribution in [0.3, 0.4) is 0 Å². The summed E-state index contributed by atoms with van der Waals surface area (Å²) < 4.78 is 17.3. The smallest absolute Gasteiger partial charge is 0.324 e. The molecule has 1 rings (SSSR count). The Morgan fingerprint density at radius 1 is 0.871 bits per heavy atom. The van der Waals surface area contributed by atoms with Crippen LogP contribution in [-0.4, -0.2) is 47.1 Å². The number of unbranched alkanes of at least 4 members (excludes halogenated alkanes) is 12. The Bertz CT molecular complexity index is 514. The second-order valence-electron chi connectivity index (χ2n) is 10.1. The molecule has 0 aromatic heterocycles. The van der Waals surface area contributed by atoms with Crippen LogP contribution in [0.25, 0.3) is 0 Å². The van der Waals surface area contributed by atoms with Gasteiger partial charge in [0, 0.05) is 12.8 Å². The number of quaternary nitrogens is 1. The summed E-state index contributed by atoms with van der Waals surface area (Å²) >= 11 is 0. The van der Waals surface area contributed by atoms with E-state index in [-0.39, 0.29) is 6.10 Å². The van der Waals surface area contributed by atoms with E-state index in [2.05, 4.69) is 33.2 Å². The van der Waals surface area contributed by atoms with E-state index >= 15 is 0 Å². The van der Waals surface area contributed by atoms with Crippen LogP contribution in [0.2, 0.25) is 0 Å². The quantitative estimate of drug-likeness (QED) is 0.0827. The predicted octanol–water partition coefficient (Wildman–Crippen LogP) is 7.13. The molecule has 184 valence electrons. The Hall–Kier alpha value is -0.190. The molecular formula is C25H51NO4P+. The number of likely N-dealkylation sites (N-methyl/N-ethyl adjacent to an activating group) is 1. The zero-order valence-corrected chi connectivity index (χ0v) is 21.5. The molecule has 1 aliphatic rings. The Balaban J connectivity index is 2.01. The maximum absolute atomic E-state index is 11.3. The fourth-order valence-corrected chi connectivity index (χ4v) is 5.00. The second kappa shape index (κ2) is 16.4. The van der Waals surface area contributed by atoms with E-state index in [4.69, 9.17) is 4.52 Å². The molecule has 1 aliphatic carbocycles. The predicted molar refractivity (Wildman–Crippen MR) is 131 cm³/mol. The van der Waals surface area contributed by atoms with Crippen molar-refractivity contribution in [1.82, 2.24) is 0 Å². The molecule has 2 N–H and O–H groups in total. The summed E-state index contributed by atoms with van der Waals surface area (Å²) in [5.41, 5.74) is 0. The van der Waals surface area contributed by atoms with Crippen molar-refractivity contribution < 1.29 is 23.4 Å². The summed E-state index contributed by atoms with van der Waals surface area (Å²) in [5.74, 6) is 0.